The number of hydrogen-bond acceptors (Lipinski definition) is 5. The van der Waals surface area contributed by atoms with Gasteiger partial charge in [0.05, 0.1) is 13.2 Å². The zero-order chi connectivity index (χ0) is 19.4. The van der Waals surface area contributed by atoms with Crippen LogP contribution in [0.4, 0.5) is 0 Å². The molecule has 1 saturated carbocycles. The summed E-state index contributed by atoms with van der Waals surface area (Å²) in [6.45, 7) is 3.89. The Morgan fingerprint density at radius 3 is 2.37 bits per heavy atom. The molecule has 3 rings (SSSR count). The van der Waals surface area contributed by atoms with E-state index in [2.05, 4.69) is 4.90 Å². The second-order valence-corrected chi connectivity index (χ2v) is 7.54. The van der Waals surface area contributed by atoms with Crippen LogP contribution in [0.3, 0.4) is 0 Å². The van der Waals surface area contributed by atoms with Crippen molar-refractivity contribution in [3.63, 3.8) is 0 Å². The van der Waals surface area contributed by atoms with E-state index in [4.69, 9.17) is 14.2 Å². The molecule has 1 aromatic rings. The highest BCUT2D eigenvalue weighted by atomic mass is 16.5. The van der Waals surface area contributed by atoms with Gasteiger partial charge in [-0.15, -0.1) is 0 Å². The Hall–Kier alpha value is -1.63. The van der Waals surface area contributed by atoms with Crippen LogP contribution in [0.2, 0.25) is 0 Å². The van der Waals surface area contributed by atoms with E-state index < -0.39 is 11.6 Å². The number of hydrogen-bond donors (Lipinski definition) is 1. The number of carbonyl (C=O) groups is 1. The van der Waals surface area contributed by atoms with Gasteiger partial charge in [-0.3, -0.25) is 4.90 Å². The molecule has 2 unspecified atom stereocenters. The second-order valence-electron chi connectivity index (χ2n) is 7.54. The Balaban J connectivity index is 1.79. The molecule has 6 nitrogen and oxygen atoms in total. The molecule has 0 bridgehead atoms. The largest absolute Gasteiger partial charge is 0.497 e. The molecule has 0 aromatic heterocycles. The van der Waals surface area contributed by atoms with Gasteiger partial charge in [-0.1, -0.05) is 12.1 Å². The summed E-state index contributed by atoms with van der Waals surface area (Å²) >= 11 is 0. The summed E-state index contributed by atoms with van der Waals surface area (Å²) in [6.07, 6.45) is 4.50. The van der Waals surface area contributed by atoms with E-state index in [1.54, 1.807) is 7.11 Å². The highest BCUT2D eigenvalue weighted by Gasteiger charge is 2.55. The van der Waals surface area contributed by atoms with Gasteiger partial charge in [0.2, 0.25) is 0 Å². The topological polar surface area (TPSA) is 68.2 Å². The summed E-state index contributed by atoms with van der Waals surface area (Å²) in [4.78, 5) is 14.5. The zero-order valence-electron chi connectivity index (χ0n) is 16.5. The van der Waals surface area contributed by atoms with E-state index in [1.165, 1.54) is 7.11 Å². The Bertz CT molecular complexity index is 626. The lowest BCUT2D eigenvalue weighted by atomic mass is 9.84. The third kappa shape index (κ3) is 3.98. The van der Waals surface area contributed by atoms with Crippen molar-refractivity contribution in [3.05, 3.63) is 29.8 Å². The average molecular weight is 377 g/mol. The van der Waals surface area contributed by atoms with E-state index in [0.29, 0.717) is 25.2 Å². The minimum Gasteiger partial charge on any atom is -0.497 e. The number of benzene rings is 1. The molecular weight excluding hydrogens is 346 g/mol. The van der Waals surface area contributed by atoms with Crippen LogP contribution in [-0.2, 0) is 14.3 Å². The van der Waals surface area contributed by atoms with Crippen molar-refractivity contribution in [3.8, 4) is 5.75 Å². The molecule has 1 saturated heterocycles. The highest BCUT2D eigenvalue weighted by molar-refractivity contribution is 5.80. The highest BCUT2D eigenvalue weighted by Crippen LogP contribution is 2.42. The number of likely N-dealkylation sites (tertiary alicyclic amines) is 1. The first kappa shape index (κ1) is 20.1. The van der Waals surface area contributed by atoms with Crippen LogP contribution >= 0.6 is 0 Å². The van der Waals surface area contributed by atoms with Gasteiger partial charge in [-0.25, -0.2) is 4.79 Å². The van der Waals surface area contributed by atoms with E-state index >= 15 is 0 Å². The summed E-state index contributed by atoms with van der Waals surface area (Å²) in [5.41, 5.74) is -0.240. The van der Waals surface area contributed by atoms with Crippen LogP contribution in [0.5, 0.6) is 5.75 Å². The van der Waals surface area contributed by atoms with Crippen LogP contribution < -0.4 is 4.74 Å². The Morgan fingerprint density at radius 1 is 1.19 bits per heavy atom. The van der Waals surface area contributed by atoms with E-state index in [-0.39, 0.29) is 5.92 Å². The van der Waals surface area contributed by atoms with Gasteiger partial charge in [0.1, 0.15) is 5.75 Å². The molecule has 27 heavy (non-hydrogen) atoms. The second kappa shape index (κ2) is 8.59. The summed E-state index contributed by atoms with van der Waals surface area (Å²) in [5.74, 6) is -0.340. The maximum Gasteiger partial charge on any atom is 0.338 e. The molecule has 2 fully saturated rings. The fraction of sp³-hybridized carbons (Fsp3) is 0.667. The van der Waals surface area contributed by atoms with Gasteiger partial charge < -0.3 is 19.3 Å². The molecular formula is C21H31NO5. The molecule has 0 amide bonds. The molecule has 1 aromatic carbocycles. The predicted molar refractivity (Wildman–Crippen MR) is 102 cm³/mol. The quantitative estimate of drug-likeness (QED) is 0.788. The lowest BCUT2D eigenvalue weighted by Gasteiger charge is -2.35. The lowest BCUT2D eigenvalue weighted by molar-refractivity contribution is -0.162. The first-order valence-corrected chi connectivity index (χ1v) is 9.82. The molecule has 0 spiro atoms. The molecule has 2 aliphatic rings. The van der Waals surface area contributed by atoms with Crippen LogP contribution in [-0.4, -0.2) is 67.6 Å². The van der Waals surface area contributed by atoms with Gasteiger partial charge in [0.15, 0.2) is 5.60 Å². The van der Waals surface area contributed by atoms with Crippen molar-refractivity contribution in [2.75, 3.05) is 33.9 Å². The molecule has 1 N–H and O–H groups in total. The maximum absolute atomic E-state index is 12.2. The lowest BCUT2D eigenvalue weighted by Crippen LogP contribution is -2.48. The SMILES string of the molecule is CCO[C@H]1CC[C@H](N2CC(c3ccc(OC)cc3)C(OC)(C(=O)O)C2)CC1. The van der Waals surface area contributed by atoms with Gasteiger partial charge in [-0.2, -0.15) is 0 Å². The third-order valence-corrected chi connectivity index (χ3v) is 6.22. The number of carboxylic acids is 1. The van der Waals surface area contributed by atoms with Crippen molar-refractivity contribution >= 4 is 5.97 Å². The van der Waals surface area contributed by atoms with E-state index in [0.717, 1.165) is 43.6 Å². The molecule has 1 heterocycles. The van der Waals surface area contributed by atoms with Gasteiger partial charge in [0, 0.05) is 38.8 Å². The van der Waals surface area contributed by atoms with Gasteiger partial charge >= 0.3 is 5.97 Å². The molecule has 1 aliphatic carbocycles. The molecule has 150 valence electrons. The number of methoxy groups -OCH3 is 2. The summed E-state index contributed by atoms with van der Waals surface area (Å²) in [5, 5.41) is 10.0. The van der Waals surface area contributed by atoms with E-state index in [9.17, 15) is 9.90 Å². The fourth-order valence-electron chi connectivity index (χ4n) is 4.67. The van der Waals surface area contributed by atoms with Crippen molar-refractivity contribution in [1.29, 1.82) is 0 Å². The van der Waals surface area contributed by atoms with Crippen LogP contribution in [0.1, 0.15) is 44.1 Å². The first-order chi connectivity index (χ1) is 13.0. The minimum atomic E-state index is -1.22. The number of rotatable bonds is 7. The van der Waals surface area contributed by atoms with Crippen molar-refractivity contribution < 1.29 is 24.1 Å². The van der Waals surface area contributed by atoms with Crippen LogP contribution in [0, 0.1) is 0 Å². The summed E-state index contributed by atoms with van der Waals surface area (Å²) in [7, 11) is 3.14. The molecule has 6 heteroatoms. The monoisotopic (exact) mass is 377 g/mol. The smallest absolute Gasteiger partial charge is 0.338 e. The normalized spacial score (nSPS) is 31.7. The molecule has 2 atom stereocenters. The zero-order valence-corrected chi connectivity index (χ0v) is 16.5. The standard InChI is InChI=1S/C21H31NO5/c1-4-27-18-11-7-16(8-12-18)22-13-19(21(14-22,26-3)20(23)24)15-5-9-17(25-2)10-6-15/h5-6,9-10,16,18-19H,4,7-8,11-14H2,1-3H3,(H,23,24)/t16-,18-,19?,21?. The number of carboxylic acid groups (broad SMARTS) is 1. The first-order valence-electron chi connectivity index (χ1n) is 9.82. The maximum atomic E-state index is 12.2. The van der Waals surface area contributed by atoms with Gasteiger partial charge in [-0.05, 0) is 50.3 Å². The summed E-state index contributed by atoms with van der Waals surface area (Å²) < 4.78 is 16.7. The van der Waals surface area contributed by atoms with E-state index in [1.807, 2.05) is 31.2 Å². The van der Waals surface area contributed by atoms with Gasteiger partial charge in [0.25, 0.3) is 0 Å². The Labute approximate surface area is 161 Å². The van der Waals surface area contributed by atoms with Crippen molar-refractivity contribution in [1.82, 2.24) is 4.90 Å². The minimum absolute atomic E-state index is 0.212. The Morgan fingerprint density at radius 2 is 1.85 bits per heavy atom. The summed E-state index contributed by atoms with van der Waals surface area (Å²) in [6, 6.07) is 8.06. The van der Waals surface area contributed by atoms with Crippen molar-refractivity contribution in [2.24, 2.45) is 0 Å². The molecule has 1 aliphatic heterocycles. The Kier molecular flexibility index (Phi) is 6.40. The predicted octanol–water partition coefficient (Wildman–Crippen LogP) is 2.91. The van der Waals surface area contributed by atoms with Crippen LogP contribution in [0.25, 0.3) is 0 Å². The number of ether oxygens (including phenoxy) is 3. The number of aliphatic carboxylic acids is 1. The van der Waals surface area contributed by atoms with Crippen molar-refractivity contribution in [2.45, 2.75) is 56.3 Å². The van der Waals surface area contributed by atoms with Crippen LogP contribution in [0.15, 0.2) is 24.3 Å². The third-order valence-electron chi connectivity index (χ3n) is 6.22. The number of nitrogens with zero attached hydrogens (tertiary/aromatic N) is 1. The average Bonchev–Trinajstić information content (AvgIpc) is 3.10. The fourth-order valence-corrected chi connectivity index (χ4v) is 4.67. The molecule has 0 radical (unpaired) electrons.